The van der Waals surface area contributed by atoms with Crippen molar-refractivity contribution in [2.75, 3.05) is 13.2 Å². The second kappa shape index (κ2) is 15.7. The first-order valence-electron chi connectivity index (χ1n) is 14.7. The van der Waals surface area contributed by atoms with Crippen molar-refractivity contribution in [3.63, 3.8) is 0 Å². The zero-order chi connectivity index (χ0) is 28.0. The van der Waals surface area contributed by atoms with E-state index in [0.717, 1.165) is 35.1 Å². The highest BCUT2D eigenvalue weighted by Crippen LogP contribution is 2.28. The van der Waals surface area contributed by atoms with Gasteiger partial charge in [0.1, 0.15) is 13.2 Å². The van der Waals surface area contributed by atoms with Gasteiger partial charge < -0.3 is 9.47 Å². The molecule has 0 aliphatic rings. The van der Waals surface area contributed by atoms with Crippen LogP contribution in [0.2, 0.25) is 0 Å². The van der Waals surface area contributed by atoms with Gasteiger partial charge in [-0.1, -0.05) is 136 Å². The van der Waals surface area contributed by atoms with Crippen molar-refractivity contribution in [3.05, 3.63) is 143 Å². The van der Waals surface area contributed by atoms with Crippen molar-refractivity contribution >= 4 is 6.16 Å². The Kier molecular flexibility index (Phi) is 11.4. The molecule has 2 atom stereocenters. The number of carbonyl (C=O) groups is 1. The van der Waals surface area contributed by atoms with Crippen molar-refractivity contribution in [3.8, 4) is 0 Å². The van der Waals surface area contributed by atoms with Crippen LogP contribution in [0.15, 0.2) is 109 Å². The molecule has 4 aromatic rings. The predicted octanol–water partition coefficient (Wildman–Crippen LogP) is 9.49. The molecule has 0 heterocycles. The molecule has 0 saturated carbocycles. The number of hydrogen-bond donors (Lipinski definition) is 0. The van der Waals surface area contributed by atoms with E-state index in [-0.39, 0.29) is 25.0 Å². The van der Waals surface area contributed by atoms with Gasteiger partial charge in [0.15, 0.2) is 0 Å². The van der Waals surface area contributed by atoms with E-state index in [4.69, 9.17) is 9.47 Å². The molecule has 4 rings (SSSR count). The maximum Gasteiger partial charge on any atom is 0.508 e. The van der Waals surface area contributed by atoms with Gasteiger partial charge in [0.2, 0.25) is 0 Å². The topological polar surface area (TPSA) is 35.5 Å². The highest BCUT2D eigenvalue weighted by molar-refractivity contribution is 5.60. The molecule has 3 heteroatoms. The summed E-state index contributed by atoms with van der Waals surface area (Å²) in [5, 5.41) is 0. The Hall–Kier alpha value is -3.85. The maximum atomic E-state index is 12.9. The number of aryl methyl sites for hydroxylation is 2. The summed E-state index contributed by atoms with van der Waals surface area (Å²) in [6, 6.07) is 37.8. The Morgan fingerprint density at radius 2 is 0.875 bits per heavy atom. The average molecular weight is 535 g/mol. The van der Waals surface area contributed by atoms with E-state index in [9.17, 15) is 4.79 Å². The van der Waals surface area contributed by atoms with Gasteiger partial charge in [-0.3, -0.25) is 0 Å². The Morgan fingerprint density at radius 1 is 0.525 bits per heavy atom. The third kappa shape index (κ3) is 8.58. The van der Waals surface area contributed by atoms with Gasteiger partial charge in [0.25, 0.3) is 0 Å². The van der Waals surface area contributed by atoms with Crippen molar-refractivity contribution in [1.82, 2.24) is 0 Å². The molecule has 0 N–H and O–H groups in total. The summed E-state index contributed by atoms with van der Waals surface area (Å²) in [6.07, 6.45) is 6.26. The van der Waals surface area contributed by atoms with Crippen LogP contribution in [-0.2, 0) is 22.3 Å². The lowest BCUT2D eigenvalue weighted by atomic mass is 9.91. The number of unbranched alkanes of at least 4 members (excludes halogenated alkanes) is 2. The van der Waals surface area contributed by atoms with Crippen molar-refractivity contribution in [1.29, 1.82) is 0 Å². The summed E-state index contributed by atoms with van der Waals surface area (Å²) < 4.78 is 11.5. The minimum atomic E-state index is -0.638. The fourth-order valence-electron chi connectivity index (χ4n) is 5.08. The normalized spacial score (nSPS) is 12.4. The molecule has 2 unspecified atom stereocenters. The van der Waals surface area contributed by atoms with Crippen molar-refractivity contribution in [2.45, 2.75) is 64.2 Å². The van der Waals surface area contributed by atoms with Crippen LogP contribution in [0, 0.1) is 0 Å². The van der Waals surface area contributed by atoms with Gasteiger partial charge >= 0.3 is 6.16 Å². The molecule has 0 amide bonds. The molecule has 0 aliphatic heterocycles. The van der Waals surface area contributed by atoms with Gasteiger partial charge in [-0.25, -0.2) is 4.79 Å². The standard InChI is InChI=1S/C37H42O3/c1-3-5-13-29-19-23-33(24-20-29)35(31-15-9-7-10-16-31)27-39-37(38)40-28-36(32-17-11-8-12-18-32)34-25-21-30(22-26-34)14-6-4-2/h7-12,15-26,35-36H,3-6,13-14,27-28H2,1-2H3. The van der Waals surface area contributed by atoms with Gasteiger partial charge in [-0.2, -0.15) is 0 Å². The van der Waals surface area contributed by atoms with Gasteiger partial charge in [0, 0.05) is 11.8 Å². The quantitative estimate of drug-likeness (QED) is 0.151. The third-order valence-corrected chi connectivity index (χ3v) is 7.54. The summed E-state index contributed by atoms with van der Waals surface area (Å²) in [5.41, 5.74) is 7.16. The van der Waals surface area contributed by atoms with Crippen LogP contribution in [0.1, 0.15) is 84.7 Å². The molecule has 208 valence electrons. The summed E-state index contributed by atoms with van der Waals surface area (Å²) in [5.74, 6) is -0.121. The molecule has 0 bridgehead atoms. The van der Waals surface area contributed by atoms with Crippen molar-refractivity contribution in [2.24, 2.45) is 0 Å². The van der Waals surface area contributed by atoms with Gasteiger partial charge in [0.05, 0.1) is 0 Å². The Morgan fingerprint density at radius 3 is 1.23 bits per heavy atom. The van der Waals surface area contributed by atoms with Crippen LogP contribution in [-0.4, -0.2) is 19.4 Å². The fraction of sp³-hybridized carbons (Fsp3) is 0.324. The molecular weight excluding hydrogens is 492 g/mol. The van der Waals surface area contributed by atoms with E-state index < -0.39 is 6.16 Å². The fourth-order valence-corrected chi connectivity index (χ4v) is 5.08. The van der Waals surface area contributed by atoms with Gasteiger partial charge in [-0.15, -0.1) is 0 Å². The molecule has 0 aromatic heterocycles. The van der Waals surface area contributed by atoms with Crippen molar-refractivity contribution < 1.29 is 14.3 Å². The molecule has 0 aliphatic carbocycles. The zero-order valence-corrected chi connectivity index (χ0v) is 23.9. The second-order valence-corrected chi connectivity index (χ2v) is 10.5. The van der Waals surface area contributed by atoms with E-state index in [1.54, 1.807) is 0 Å². The number of ether oxygens (including phenoxy) is 2. The largest absolute Gasteiger partial charge is 0.508 e. The Balaban J connectivity index is 1.42. The third-order valence-electron chi connectivity index (χ3n) is 7.54. The Labute approximate surface area is 240 Å². The van der Waals surface area contributed by atoms with E-state index in [1.807, 2.05) is 36.4 Å². The van der Waals surface area contributed by atoms with Crippen LogP contribution in [0.4, 0.5) is 4.79 Å². The molecule has 3 nitrogen and oxygen atoms in total. The molecule has 40 heavy (non-hydrogen) atoms. The first kappa shape index (κ1) is 29.1. The average Bonchev–Trinajstić information content (AvgIpc) is 3.01. The SMILES string of the molecule is CCCCc1ccc(C(COC(=O)OCC(c2ccccc2)c2ccc(CCCC)cc2)c2ccccc2)cc1. The minimum absolute atomic E-state index is 0.0606. The smallest absolute Gasteiger partial charge is 0.433 e. The lowest BCUT2D eigenvalue weighted by Gasteiger charge is -2.20. The second-order valence-electron chi connectivity index (χ2n) is 10.5. The van der Waals surface area contributed by atoms with E-state index >= 15 is 0 Å². The number of benzene rings is 4. The Bertz CT molecular complexity index is 1160. The van der Waals surface area contributed by atoms with E-state index in [0.29, 0.717) is 0 Å². The monoisotopic (exact) mass is 534 g/mol. The molecule has 0 fully saturated rings. The summed E-state index contributed by atoms with van der Waals surface area (Å²) in [4.78, 5) is 12.9. The van der Waals surface area contributed by atoms with Crippen LogP contribution in [0.25, 0.3) is 0 Å². The maximum absolute atomic E-state index is 12.9. The summed E-state index contributed by atoms with van der Waals surface area (Å²) >= 11 is 0. The summed E-state index contributed by atoms with van der Waals surface area (Å²) in [6.45, 7) is 4.86. The predicted molar refractivity (Wildman–Crippen MR) is 164 cm³/mol. The van der Waals surface area contributed by atoms with Crippen LogP contribution < -0.4 is 0 Å². The number of carbonyl (C=O) groups excluding carboxylic acids is 1. The number of hydrogen-bond acceptors (Lipinski definition) is 3. The van der Waals surface area contributed by atoms with Gasteiger partial charge in [-0.05, 0) is 59.1 Å². The van der Waals surface area contributed by atoms with Crippen LogP contribution >= 0.6 is 0 Å². The molecular formula is C37H42O3. The first-order valence-corrected chi connectivity index (χ1v) is 14.7. The number of rotatable bonds is 14. The molecule has 0 saturated heterocycles. The van der Waals surface area contributed by atoms with Crippen LogP contribution in [0.3, 0.4) is 0 Å². The molecule has 0 radical (unpaired) electrons. The molecule has 0 spiro atoms. The van der Waals surface area contributed by atoms with E-state index in [1.165, 1.54) is 36.8 Å². The lowest BCUT2D eigenvalue weighted by Crippen LogP contribution is -2.18. The van der Waals surface area contributed by atoms with Crippen LogP contribution in [0.5, 0.6) is 0 Å². The summed E-state index contributed by atoms with van der Waals surface area (Å²) in [7, 11) is 0. The molecule has 4 aromatic carbocycles. The minimum Gasteiger partial charge on any atom is -0.433 e. The zero-order valence-electron chi connectivity index (χ0n) is 23.9. The highest BCUT2D eigenvalue weighted by atomic mass is 16.7. The highest BCUT2D eigenvalue weighted by Gasteiger charge is 2.20. The first-order chi connectivity index (χ1) is 19.7. The van der Waals surface area contributed by atoms with E-state index in [2.05, 4.69) is 86.6 Å². The lowest BCUT2D eigenvalue weighted by molar-refractivity contribution is 0.0511.